The van der Waals surface area contributed by atoms with Gasteiger partial charge in [0.1, 0.15) is 0 Å². The number of allylic oxidation sites excluding steroid dienone is 4. The molecule has 1 N–H and O–H groups in total. The zero-order valence-corrected chi connectivity index (χ0v) is 14.5. The van der Waals surface area contributed by atoms with Crippen molar-refractivity contribution in [2.75, 3.05) is 0 Å². The summed E-state index contributed by atoms with van der Waals surface area (Å²) >= 11 is 0. The Hall–Kier alpha value is 0.120. The van der Waals surface area contributed by atoms with Crippen molar-refractivity contribution in [2.45, 2.75) is 39.9 Å². The predicted molar refractivity (Wildman–Crippen MR) is 72.9 cm³/mol. The smallest absolute Gasteiger partial charge is 0.534 e. The Kier molecular flexibility index (Phi) is 12.8. The minimum atomic E-state index is -0.0659. The number of hydrogen-bond acceptors (Lipinski definition) is 1. The average molecular weight is 261 g/mol. The molecule has 0 fully saturated rings. The second-order valence-electron chi connectivity index (χ2n) is 3.66. The van der Waals surface area contributed by atoms with E-state index in [1.54, 1.807) is 6.08 Å². The van der Waals surface area contributed by atoms with E-state index in [1.807, 2.05) is 32.1 Å². The van der Waals surface area contributed by atoms with Crippen LogP contribution in [0.3, 0.4) is 0 Å². The van der Waals surface area contributed by atoms with Crippen molar-refractivity contribution in [1.82, 2.24) is 5.32 Å². The summed E-state index contributed by atoms with van der Waals surface area (Å²) in [5, 5.41) is 2.78. The molecule has 1 amide bonds. The van der Waals surface area contributed by atoms with Gasteiger partial charge in [-0.25, -0.2) is 0 Å². The van der Waals surface area contributed by atoms with Crippen molar-refractivity contribution >= 4 is 15.1 Å². The number of amides is 1. The largest absolute Gasteiger partial charge is 1.00 e. The van der Waals surface area contributed by atoms with Crippen molar-refractivity contribution in [1.29, 1.82) is 0 Å². The van der Waals surface area contributed by atoms with Gasteiger partial charge < -0.3 is 14.6 Å². The summed E-state index contributed by atoms with van der Waals surface area (Å²) in [6, 6.07) is 0. The molecule has 17 heavy (non-hydrogen) atoms. The van der Waals surface area contributed by atoms with Crippen molar-refractivity contribution < 1.29 is 34.4 Å². The van der Waals surface area contributed by atoms with Crippen LogP contribution in [-0.2, 0) is 4.79 Å². The molecule has 1 unspecified atom stereocenters. The zero-order chi connectivity index (χ0) is 12.6. The molecule has 0 aliphatic carbocycles. The second kappa shape index (κ2) is 11.2. The van der Waals surface area contributed by atoms with Crippen LogP contribution in [0.5, 0.6) is 0 Å². The molecule has 0 saturated carbocycles. The van der Waals surface area contributed by atoms with E-state index in [-0.39, 0.29) is 41.2 Å². The average Bonchev–Trinajstić information content (AvgIpc) is 2.22. The van der Waals surface area contributed by atoms with Crippen LogP contribution >= 0.6 is 9.24 Å². The first-order chi connectivity index (χ1) is 7.51. The molecular formula is C13H21NNaOP. The van der Waals surface area contributed by atoms with Crippen LogP contribution in [-0.4, -0.2) is 11.7 Å². The molecule has 4 heteroatoms. The van der Waals surface area contributed by atoms with Gasteiger partial charge in [-0.05, 0) is 26.3 Å². The SMILES string of the molecule is C\C=C(/C=C\C=C(/C)CC)C(=O)NC(C)[PH-].[Na+]. The Labute approximate surface area is 130 Å². The Balaban J connectivity index is 0. The molecular weight excluding hydrogens is 240 g/mol. The summed E-state index contributed by atoms with van der Waals surface area (Å²) < 4.78 is 0. The van der Waals surface area contributed by atoms with Crippen LogP contribution in [0.4, 0.5) is 0 Å². The van der Waals surface area contributed by atoms with Gasteiger partial charge in [-0.3, -0.25) is 4.79 Å². The first-order valence-electron chi connectivity index (χ1n) is 5.53. The van der Waals surface area contributed by atoms with E-state index >= 15 is 0 Å². The molecule has 0 spiro atoms. The molecule has 2 nitrogen and oxygen atoms in total. The molecule has 0 aromatic heterocycles. The summed E-state index contributed by atoms with van der Waals surface area (Å²) in [6.45, 7) is 7.90. The van der Waals surface area contributed by atoms with Crippen LogP contribution in [0.1, 0.15) is 34.1 Å². The predicted octanol–water partition coefficient (Wildman–Crippen LogP) is 0.454. The second-order valence-corrected chi connectivity index (χ2v) is 4.53. The van der Waals surface area contributed by atoms with Crippen LogP contribution in [0, 0.1) is 0 Å². The van der Waals surface area contributed by atoms with Gasteiger partial charge in [-0.2, -0.15) is 0 Å². The maximum Gasteiger partial charge on any atom is 1.00 e. The third kappa shape index (κ3) is 9.79. The number of hydrogen-bond donors (Lipinski definition) is 1. The molecule has 0 rings (SSSR count). The van der Waals surface area contributed by atoms with Gasteiger partial charge in [0.15, 0.2) is 0 Å². The van der Waals surface area contributed by atoms with Gasteiger partial charge >= 0.3 is 29.6 Å². The van der Waals surface area contributed by atoms with E-state index < -0.39 is 0 Å². The normalized spacial score (nSPS) is 14.4. The Morgan fingerprint density at radius 2 is 2.06 bits per heavy atom. The van der Waals surface area contributed by atoms with Crippen LogP contribution in [0.25, 0.3) is 0 Å². The van der Waals surface area contributed by atoms with Gasteiger partial charge in [-0.15, -0.1) is 5.78 Å². The first-order valence-corrected chi connectivity index (χ1v) is 6.11. The third-order valence-electron chi connectivity index (χ3n) is 2.13. The molecule has 0 bridgehead atoms. The molecule has 0 aromatic rings. The minimum Gasteiger partial charge on any atom is -0.534 e. The number of carbonyl (C=O) groups is 1. The van der Waals surface area contributed by atoms with E-state index in [9.17, 15) is 4.79 Å². The zero-order valence-electron chi connectivity index (χ0n) is 11.5. The maximum absolute atomic E-state index is 11.6. The van der Waals surface area contributed by atoms with Crippen LogP contribution in [0.2, 0.25) is 0 Å². The van der Waals surface area contributed by atoms with E-state index in [2.05, 4.69) is 28.4 Å². The van der Waals surface area contributed by atoms with Crippen molar-refractivity contribution in [3.8, 4) is 0 Å². The number of rotatable bonds is 5. The van der Waals surface area contributed by atoms with Crippen LogP contribution in [0.15, 0.2) is 35.5 Å². The third-order valence-corrected chi connectivity index (χ3v) is 2.28. The molecule has 0 aliphatic rings. The standard InChI is InChI=1S/C13H21NOP.Na/c1-5-10(3)8-7-9-12(6-2)13(15)14-11(4)16;/h6-9,11,16H,5H2,1-4H3,(H,14,15);/q-1;+1/b9-7-,10-8+,12-6+;. The Morgan fingerprint density at radius 3 is 2.47 bits per heavy atom. The number of carbonyl (C=O) groups excluding carboxylic acids is 1. The topological polar surface area (TPSA) is 29.1 Å². The van der Waals surface area contributed by atoms with E-state index in [0.29, 0.717) is 5.57 Å². The molecule has 0 radical (unpaired) electrons. The van der Waals surface area contributed by atoms with Gasteiger partial charge in [0.05, 0.1) is 0 Å². The Bertz CT molecular complexity index is 319. The summed E-state index contributed by atoms with van der Waals surface area (Å²) in [6.07, 6.45) is 8.58. The Morgan fingerprint density at radius 1 is 1.47 bits per heavy atom. The fourth-order valence-electron chi connectivity index (χ4n) is 1.02. The van der Waals surface area contributed by atoms with Gasteiger partial charge in [0, 0.05) is 5.57 Å². The number of nitrogens with one attached hydrogen (secondary N) is 1. The summed E-state index contributed by atoms with van der Waals surface area (Å²) in [7, 11) is 3.33. The van der Waals surface area contributed by atoms with E-state index in [1.165, 1.54) is 5.57 Å². The summed E-state index contributed by atoms with van der Waals surface area (Å²) in [5.41, 5.74) is 1.96. The molecule has 0 aromatic carbocycles. The van der Waals surface area contributed by atoms with Crippen molar-refractivity contribution in [2.24, 2.45) is 0 Å². The fourth-order valence-corrected chi connectivity index (χ4v) is 1.15. The molecule has 0 saturated heterocycles. The quantitative estimate of drug-likeness (QED) is 0.331. The summed E-state index contributed by atoms with van der Waals surface area (Å²) in [5.74, 6) is -0.0902. The van der Waals surface area contributed by atoms with E-state index in [0.717, 1.165) is 6.42 Å². The van der Waals surface area contributed by atoms with Gasteiger partial charge in [0.25, 0.3) is 0 Å². The van der Waals surface area contributed by atoms with Gasteiger partial charge in [-0.1, -0.05) is 37.6 Å². The van der Waals surface area contributed by atoms with Gasteiger partial charge in [0.2, 0.25) is 5.91 Å². The molecule has 1 atom stereocenters. The summed E-state index contributed by atoms with van der Waals surface area (Å²) in [4.78, 5) is 11.6. The minimum absolute atomic E-state index is 0. The maximum atomic E-state index is 11.6. The fraction of sp³-hybridized carbons (Fsp3) is 0.462. The molecule has 0 heterocycles. The molecule has 90 valence electrons. The van der Waals surface area contributed by atoms with Crippen molar-refractivity contribution in [3.05, 3.63) is 35.5 Å². The van der Waals surface area contributed by atoms with E-state index in [4.69, 9.17) is 0 Å². The van der Waals surface area contributed by atoms with Crippen molar-refractivity contribution in [3.63, 3.8) is 0 Å². The van der Waals surface area contributed by atoms with Crippen LogP contribution < -0.4 is 34.9 Å². The first kappa shape index (κ1) is 19.5. The molecule has 0 aliphatic heterocycles. The monoisotopic (exact) mass is 261 g/mol.